The molecule has 0 fully saturated rings. The number of nitrogens with one attached hydrogen (secondary N) is 1. The number of hydrogen-bond donors (Lipinski definition) is 1. The highest BCUT2D eigenvalue weighted by Gasteiger charge is 2.18. The van der Waals surface area contributed by atoms with Gasteiger partial charge in [-0.15, -0.1) is 0 Å². The molecule has 0 radical (unpaired) electrons. The fraction of sp³-hybridized carbons (Fsp3) is 0.321. The molecule has 0 saturated carbocycles. The summed E-state index contributed by atoms with van der Waals surface area (Å²) in [5.41, 5.74) is 6.03. The maximum Gasteiger partial charge on any atom is 0.251 e. The predicted molar refractivity (Wildman–Crippen MR) is 127 cm³/mol. The molecule has 1 amide bonds. The lowest BCUT2D eigenvalue weighted by Crippen LogP contribution is -2.30. The number of fused-ring (bicyclic) bond motifs is 1. The Morgan fingerprint density at radius 3 is 2.29 bits per heavy atom. The van der Waals surface area contributed by atoms with Crippen molar-refractivity contribution in [2.45, 2.75) is 45.8 Å². The molecule has 1 atom stereocenters. The van der Waals surface area contributed by atoms with Crippen LogP contribution in [0.4, 0.5) is 0 Å². The molecule has 0 bridgehead atoms. The van der Waals surface area contributed by atoms with E-state index in [-0.39, 0.29) is 11.9 Å². The number of carbonyl (C=O) groups excluding carboxylic acids is 1. The highest BCUT2D eigenvalue weighted by molar-refractivity contribution is 5.94. The van der Waals surface area contributed by atoms with Gasteiger partial charge >= 0.3 is 0 Å². The summed E-state index contributed by atoms with van der Waals surface area (Å²) < 4.78 is 0. The third-order valence-electron chi connectivity index (χ3n) is 6.05. The smallest absolute Gasteiger partial charge is 0.251 e. The number of benzene rings is 3. The molecule has 3 nitrogen and oxygen atoms in total. The van der Waals surface area contributed by atoms with Crippen molar-refractivity contribution in [3.05, 3.63) is 107 Å². The fourth-order valence-electron chi connectivity index (χ4n) is 4.39. The minimum atomic E-state index is -0.00653. The first-order valence-corrected chi connectivity index (χ1v) is 11.3. The normalized spacial score (nSPS) is 14.8. The minimum Gasteiger partial charge on any atom is -0.345 e. The van der Waals surface area contributed by atoms with Crippen LogP contribution in [0.3, 0.4) is 0 Å². The van der Waals surface area contributed by atoms with Crippen molar-refractivity contribution < 1.29 is 4.79 Å². The predicted octanol–water partition coefficient (Wildman–Crippen LogP) is 5.76. The van der Waals surface area contributed by atoms with Crippen molar-refractivity contribution in [2.24, 2.45) is 5.92 Å². The van der Waals surface area contributed by atoms with Crippen LogP contribution in [0, 0.1) is 5.92 Å². The van der Waals surface area contributed by atoms with Gasteiger partial charge in [-0.2, -0.15) is 0 Å². The van der Waals surface area contributed by atoms with Crippen molar-refractivity contribution in [1.29, 1.82) is 0 Å². The van der Waals surface area contributed by atoms with Crippen LogP contribution < -0.4 is 5.32 Å². The lowest BCUT2D eigenvalue weighted by atomic mass is 9.96. The van der Waals surface area contributed by atoms with E-state index in [1.54, 1.807) is 0 Å². The van der Waals surface area contributed by atoms with Crippen LogP contribution in [0.15, 0.2) is 78.9 Å². The molecule has 1 aliphatic rings. The van der Waals surface area contributed by atoms with Gasteiger partial charge in [0.25, 0.3) is 5.91 Å². The molecule has 4 rings (SSSR count). The van der Waals surface area contributed by atoms with Crippen molar-refractivity contribution in [2.75, 3.05) is 6.54 Å². The maximum atomic E-state index is 12.9. The van der Waals surface area contributed by atoms with Crippen LogP contribution >= 0.6 is 0 Å². The summed E-state index contributed by atoms with van der Waals surface area (Å²) >= 11 is 0. The number of nitrogens with zero attached hydrogens (tertiary/aromatic N) is 1. The molecule has 0 aromatic heterocycles. The summed E-state index contributed by atoms with van der Waals surface area (Å²) in [6.45, 7) is 7.36. The first-order chi connectivity index (χ1) is 15.1. The molecule has 0 saturated heterocycles. The standard InChI is InChI=1S/C28H32N2O/c1-21(2)18-27(24-9-4-3-5-10-24)29-28(31)25-14-12-22(13-15-25)19-30-17-16-23-8-6-7-11-26(23)20-30/h3-15,21,27H,16-20H2,1-2H3,(H,29,31)/t27-/m1/s1. The topological polar surface area (TPSA) is 32.3 Å². The van der Waals surface area contributed by atoms with Gasteiger partial charge in [-0.1, -0.05) is 80.6 Å². The van der Waals surface area contributed by atoms with Gasteiger partial charge < -0.3 is 5.32 Å². The van der Waals surface area contributed by atoms with E-state index in [1.807, 2.05) is 30.3 Å². The second-order valence-corrected chi connectivity index (χ2v) is 8.99. The Hall–Kier alpha value is -2.91. The van der Waals surface area contributed by atoms with Gasteiger partial charge in [-0.25, -0.2) is 0 Å². The number of amides is 1. The Morgan fingerprint density at radius 1 is 0.903 bits per heavy atom. The zero-order chi connectivity index (χ0) is 21.6. The van der Waals surface area contributed by atoms with Crippen LogP contribution in [0.25, 0.3) is 0 Å². The fourth-order valence-corrected chi connectivity index (χ4v) is 4.39. The molecule has 1 N–H and O–H groups in total. The third kappa shape index (κ3) is 5.62. The Balaban J connectivity index is 1.38. The summed E-state index contributed by atoms with van der Waals surface area (Å²) in [7, 11) is 0. The van der Waals surface area contributed by atoms with Crippen molar-refractivity contribution >= 4 is 5.91 Å². The van der Waals surface area contributed by atoms with Gasteiger partial charge in [0.15, 0.2) is 0 Å². The van der Waals surface area contributed by atoms with Gasteiger partial charge in [0.05, 0.1) is 6.04 Å². The SMILES string of the molecule is CC(C)C[C@@H](NC(=O)c1ccc(CN2CCc3ccccc3C2)cc1)c1ccccc1. The van der Waals surface area contributed by atoms with Crippen molar-refractivity contribution in [3.8, 4) is 0 Å². The summed E-state index contributed by atoms with van der Waals surface area (Å²) in [5, 5.41) is 3.24. The molecule has 160 valence electrons. The van der Waals surface area contributed by atoms with Crippen LogP contribution in [0.5, 0.6) is 0 Å². The van der Waals surface area contributed by atoms with E-state index in [0.29, 0.717) is 5.92 Å². The van der Waals surface area contributed by atoms with E-state index in [4.69, 9.17) is 0 Å². The Kier molecular flexibility index (Phi) is 6.83. The van der Waals surface area contributed by atoms with E-state index in [0.717, 1.165) is 43.6 Å². The van der Waals surface area contributed by atoms with Crippen molar-refractivity contribution in [3.63, 3.8) is 0 Å². The van der Waals surface area contributed by atoms with E-state index in [2.05, 4.69) is 72.6 Å². The third-order valence-corrected chi connectivity index (χ3v) is 6.05. The van der Waals surface area contributed by atoms with Gasteiger partial charge in [0.2, 0.25) is 0 Å². The molecule has 1 heterocycles. The summed E-state index contributed by atoms with van der Waals surface area (Å²) in [5.74, 6) is 0.496. The second kappa shape index (κ2) is 9.93. The summed E-state index contributed by atoms with van der Waals surface area (Å²) in [4.78, 5) is 15.4. The van der Waals surface area contributed by atoms with E-state index >= 15 is 0 Å². The van der Waals surface area contributed by atoms with Gasteiger partial charge in [-0.05, 0) is 53.1 Å². The van der Waals surface area contributed by atoms with Crippen LogP contribution in [0.2, 0.25) is 0 Å². The average Bonchev–Trinajstić information content (AvgIpc) is 2.79. The molecule has 0 spiro atoms. The molecule has 0 unspecified atom stereocenters. The van der Waals surface area contributed by atoms with Gasteiger partial charge in [-0.3, -0.25) is 9.69 Å². The lowest BCUT2D eigenvalue weighted by molar-refractivity contribution is 0.0932. The number of carbonyl (C=O) groups is 1. The average molecular weight is 413 g/mol. The number of rotatable bonds is 7. The van der Waals surface area contributed by atoms with Crippen LogP contribution in [-0.4, -0.2) is 17.4 Å². The Labute approximate surface area is 186 Å². The summed E-state index contributed by atoms with van der Waals surface area (Å²) in [6.07, 6.45) is 2.03. The zero-order valence-electron chi connectivity index (χ0n) is 18.6. The van der Waals surface area contributed by atoms with Gasteiger partial charge in [0, 0.05) is 25.2 Å². The van der Waals surface area contributed by atoms with Crippen LogP contribution in [0.1, 0.15) is 58.9 Å². The molecule has 3 heteroatoms. The molecular weight excluding hydrogens is 380 g/mol. The molecule has 1 aliphatic heterocycles. The molecular formula is C28H32N2O. The largest absolute Gasteiger partial charge is 0.345 e. The zero-order valence-corrected chi connectivity index (χ0v) is 18.6. The van der Waals surface area contributed by atoms with Crippen molar-refractivity contribution in [1.82, 2.24) is 10.2 Å². The van der Waals surface area contributed by atoms with Crippen LogP contribution in [-0.2, 0) is 19.5 Å². The van der Waals surface area contributed by atoms with E-state index in [1.165, 1.54) is 16.7 Å². The first-order valence-electron chi connectivity index (χ1n) is 11.3. The molecule has 0 aliphatic carbocycles. The molecule has 3 aromatic rings. The van der Waals surface area contributed by atoms with E-state index < -0.39 is 0 Å². The quantitative estimate of drug-likeness (QED) is 0.535. The minimum absolute atomic E-state index is 0.00653. The monoisotopic (exact) mass is 412 g/mol. The van der Waals surface area contributed by atoms with Gasteiger partial charge in [0.1, 0.15) is 0 Å². The summed E-state index contributed by atoms with van der Waals surface area (Å²) in [6, 6.07) is 27.1. The first kappa shape index (κ1) is 21.3. The number of hydrogen-bond acceptors (Lipinski definition) is 2. The van der Waals surface area contributed by atoms with E-state index in [9.17, 15) is 4.79 Å². The Morgan fingerprint density at radius 2 is 1.58 bits per heavy atom. The maximum absolute atomic E-state index is 12.9. The molecule has 3 aromatic carbocycles. The lowest BCUT2D eigenvalue weighted by Gasteiger charge is -2.28. The molecule has 31 heavy (non-hydrogen) atoms. The second-order valence-electron chi connectivity index (χ2n) is 8.99. The highest BCUT2D eigenvalue weighted by atomic mass is 16.1. The highest BCUT2D eigenvalue weighted by Crippen LogP contribution is 2.23. The Bertz CT molecular complexity index is 995.